The Morgan fingerprint density at radius 3 is 1.56 bits per heavy atom. The molecular formula is C15H36N4O6. The molecular weight excluding hydrogens is 332 g/mol. The first kappa shape index (κ1) is 28.5. The second-order valence-corrected chi connectivity index (χ2v) is 5.24. The number of aliphatic hydroxyl groups excluding tert-OH is 3. The minimum atomic E-state index is -0.801. The zero-order chi connectivity index (χ0) is 20.1. The van der Waals surface area contributed by atoms with E-state index < -0.39 is 5.97 Å². The highest BCUT2D eigenvalue weighted by atomic mass is 16.4. The molecule has 0 unspecified atom stereocenters. The van der Waals surface area contributed by atoms with Crippen LogP contribution in [-0.2, 0) is 9.59 Å². The van der Waals surface area contributed by atoms with Gasteiger partial charge in [-0.25, -0.2) is 0 Å². The first-order valence-corrected chi connectivity index (χ1v) is 8.09. The van der Waals surface area contributed by atoms with Gasteiger partial charge in [0.1, 0.15) is 0 Å². The number of carboxylic acids is 1. The lowest BCUT2D eigenvalue weighted by atomic mass is 10.4. The molecule has 0 rings (SSSR count). The van der Waals surface area contributed by atoms with Crippen LogP contribution in [0.4, 0.5) is 0 Å². The second kappa shape index (κ2) is 22.7. The Labute approximate surface area is 150 Å². The predicted molar refractivity (Wildman–Crippen MR) is 96.2 cm³/mol. The number of hydrogen-bond donors (Lipinski definition) is 6. The fraction of sp³-hybridized carbons (Fsp3) is 0.867. The number of nitrogens with one attached hydrogen (secondary N) is 1. The molecule has 0 aromatic rings. The van der Waals surface area contributed by atoms with Gasteiger partial charge in [0.05, 0.1) is 26.2 Å². The number of rotatable bonds is 12. The molecule has 0 atom stereocenters. The Morgan fingerprint density at radius 1 is 0.880 bits per heavy atom. The summed E-state index contributed by atoms with van der Waals surface area (Å²) >= 11 is 0. The summed E-state index contributed by atoms with van der Waals surface area (Å²) in [6.07, 6.45) is 0.493. The van der Waals surface area contributed by atoms with Crippen molar-refractivity contribution >= 4 is 11.9 Å². The van der Waals surface area contributed by atoms with Gasteiger partial charge in [-0.2, -0.15) is 0 Å². The van der Waals surface area contributed by atoms with Crippen LogP contribution < -0.4 is 11.1 Å². The zero-order valence-electron chi connectivity index (χ0n) is 15.6. The van der Waals surface area contributed by atoms with Gasteiger partial charge in [0.15, 0.2) is 0 Å². The number of carbonyl (C=O) groups excluding carboxylic acids is 1. The molecule has 0 bridgehead atoms. The molecule has 0 aliphatic heterocycles. The van der Waals surface area contributed by atoms with Crippen molar-refractivity contribution in [2.24, 2.45) is 5.73 Å². The number of primary amides is 1. The Morgan fingerprint density at radius 2 is 1.32 bits per heavy atom. The van der Waals surface area contributed by atoms with Crippen molar-refractivity contribution in [3.8, 4) is 0 Å². The molecule has 0 fully saturated rings. The molecule has 0 aliphatic rings. The van der Waals surface area contributed by atoms with Crippen molar-refractivity contribution in [1.82, 2.24) is 15.1 Å². The Bertz CT molecular complexity index is 280. The van der Waals surface area contributed by atoms with Crippen LogP contribution in [0.2, 0.25) is 0 Å². The standard InChI is InChI=1S/C6H14N2O2.C6H13NO3.C3H9NO/c1-8(4-5-9)3-2-6(7)10;1-7(4-5-8)3-2-6(9)10;1-4-2-3-5/h9H,2-5H2,1H3,(H2,7,10);8H,2-5H2,1H3,(H,9,10);4-5H,2-3H2,1H3. The third-order valence-corrected chi connectivity index (χ3v) is 2.77. The summed E-state index contributed by atoms with van der Waals surface area (Å²) in [6.45, 7) is 3.37. The van der Waals surface area contributed by atoms with Crippen LogP contribution in [0.5, 0.6) is 0 Å². The van der Waals surface area contributed by atoms with Crippen LogP contribution in [0.3, 0.4) is 0 Å². The largest absolute Gasteiger partial charge is 0.481 e. The fourth-order valence-electron chi connectivity index (χ4n) is 1.26. The smallest absolute Gasteiger partial charge is 0.304 e. The van der Waals surface area contributed by atoms with Crippen molar-refractivity contribution in [1.29, 1.82) is 0 Å². The maximum atomic E-state index is 10.2. The van der Waals surface area contributed by atoms with Crippen LogP contribution in [-0.4, -0.2) is 116 Å². The SMILES string of the molecule is CN(CCO)CCC(=O)O.CN(CCO)CCC(N)=O.CNCCO. The van der Waals surface area contributed by atoms with Crippen LogP contribution in [0.1, 0.15) is 12.8 Å². The number of aliphatic carboxylic acids is 1. The van der Waals surface area contributed by atoms with Crippen molar-refractivity contribution in [2.45, 2.75) is 12.8 Å². The minimum Gasteiger partial charge on any atom is -0.481 e. The number of nitrogens with two attached hydrogens (primary N) is 1. The molecule has 25 heavy (non-hydrogen) atoms. The highest BCUT2D eigenvalue weighted by Crippen LogP contribution is 1.85. The van der Waals surface area contributed by atoms with E-state index in [2.05, 4.69) is 5.32 Å². The second-order valence-electron chi connectivity index (χ2n) is 5.24. The first-order chi connectivity index (χ1) is 11.7. The predicted octanol–water partition coefficient (Wildman–Crippen LogP) is -2.63. The van der Waals surface area contributed by atoms with Gasteiger partial charge in [-0.1, -0.05) is 0 Å². The topological polar surface area (TPSA) is 160 Å². The van der Waals surface area contributed by atoms with E-state index in [-0.39, 0.29) is 32.1 Å². The summed E-state index contributed by atoms with van der Waals surface area (Å²) in [5.41, 5.74) is 4.91. The summed E-state index contributed by atoms with van der Waals surface area (Å²) in [5, 5.41) is 35.9. The van der Waals surface area contributed by atoms with E-state index >= 15 is 0 Å². The van der Waals surface area contributed by atoms with Crippen LogP contribution in [0, 0.1) is 0 Å². The number of carboxylic acid groups (broad SMARTS) is 1. The van der Waals surface area contributed by atoms with Gasteiger partial charge >= 0.3 is 5.97 Å². The number of nitrogens with zero attached hydrogens (tertiary/aromatic N) is 2. The summed E-state index contributed by atoms with van der Waals surface area (Å²) < 4.78 is 0. The molecule has 0 saturated carbocycles. The van der Waals surface area contributed by atoms with E-state index in [0.717, 1.165) is 0 Å². The van der Waals surface area contributed by atoms with Gasteiger partial charge in [-0.15, -0.1) is 0 Å². The van der Waals surface area contributed by atoms with Crippen LogP contribution >= 0.6 is 0 Å². The maximum absolute atomic E-state index is 10.2. The Hall–Kier alpha value is -1.30. The average Bonchev–Trinajstić information content (AvgIpc) is 2.53. The molecule has 0 aliphatic carbocycles. The van der Waals surface area contributed by atoms with E-state index in [9.17, 15) is 9.59 Å². The van der Waals surface area contributed by atoms with Gasteiger partial charge in [0, 0.05) is 39.1 Å². The summed E-state index contributed by atoms with van der Waals surface area (Å²) in [6, 6.07) is 0. The number of aliphatic hydroxyl groups is 3. The quantitative estimate of drug-likeness (QED) is 0.216. The van der Waals surface area contributed by atoms with E-state index in [1.807, 2.05) is 11.9 Å². The van der Waals surface area contributed by atoms with Crippen LogP contribution in [0.25, 0.3) is 0 Å². The van der Waals surface area contributed by atoms with Crippen molar-refractivity contribution < 1.29 is 30.0 Å². The lowest BCUT2D eigenvalue weighted by Gasteiger charge is -2.12. The van der Waals surface area contributed by atoms with E-state index in [1.54, 1.807) is 19.0 Å². The molecule has 10 nitrogen and oxygen atoms in total. The molecule has 0 aromatic carbocycles. The lowest BCUT2D eigenvalue weighted by molar-refractivity contribution is -0.137. The maximum Gasteiger partial charge on any atom is 0.304 e. The molecule has 0 radical (unpaired) electrons. The molecule has 0 spiro atoms. The molecule has 152 valence electrons. The number of amides is 1. The van der Waals surface area contributed by atoms with Gasteiger partial charge in [-0.05, 0) is 21.1 Å². The number of likely N-dealkylation sites (N-methyl/N-ethyl adjacent to an activating group) is 3. The zero-order valence-corrected chi connectivity index (χ0v) is 15.6. The van der Waals surface area contributed by atoms with Gasteiger partial charge < -0.3 is 41.3 Å². The van der Waals surface area contributed by atoms with Crippen LogP contribution in [0.15, 0.2) is 0 Å². The van der Waals surface area contributed by atoms with E-state index in [1.165, 1.54) is 0 Å². The summed E-state index contributed by atoms with van der Waals surface area (Å²) in [4.78, 5) is 23.9. The molecule has 10 heteroatoms. The number of hydrogen-bond acceptors (Lipinski definition) is 8. The third kappa shape index (κ3) is 34.9. The third-order valence-electron chi connectivity index (χ3n) is 2.77. The minimum absolute atomic E-state index is 0.0795. The molecule has 0 aromatic heterocycles. The average molecular weight is 368 g/mol. The Kier molecular flexibility index (Phi) is 25.9. The Balaban J connectivity index is -0.000000308. The van der Waals surface area contributed by atoms with Crippen molar-refractivity contribution in [3.63, 3.8) is 0 Å². The highest BCUT2D eigenvalue weighted by molar-refractivity contribution is 5.73. The number of carbonyl (C=O) groups is 2. The molecule has 0 saturated heterocycles. The van der Waals surface area contributed by atoms with E-state index in [0.29, 0.717) is 39.1 Å². The summed E-state index contributed by atoms with van der Waals surface area (Å²) in [7, 11) is 5.41. The normalized spacial score (nSPS) is 9.92. The fourth-order valence-corrected chi connectivity index (χ4v) is 1.26. The first-order valence-electron chi connectivity index (χ1n) is 8.09. The van der Waals surface area contributed by atoms with Crippen molar-refractivity contribution in [3.05, 3.63) is 0 Å². The van der Waals surface area contributed by atoms with Gasteiger partial charge in [0.25, 0.3) is 0 Å². The molecule has 1 amide bonds. The molecule has 7 N–H and O–H groups in total. The van der Waals surface area contributed by atoms with E-state index in [4.69, 9.17) is 26.2 Å². The van der Waals surface area contributed by atoms with Gasteiger partial charge in [0.2, 0.25) is 5.91 Å². The van der Waals surface area contributed by atoms with Gasteiger partial charge in [-0.3, -0.25) is 9.59 Å². The monoisotopic (exact) mass is 368 g/mol. The summed E-state index contributed by atoms with van der Waals surface area (Å²) in [5.74, 6) is -1.10. The highest BCUT2D eigenvalue weighted by Gasteiger charge is 2.00. The lowest BCUT2D eigenvalue weighted by Crippen LogP contribution is -2.26. The molecule has 0 heterocycles. The van der Waals surface area contributed by atoms with Crippen molar-refractivity contribution in [2.75, 3.05) is 73.7 Å².